The molecule has 6 heteroatoms. The fourth-order valence-corrected chi connectivity index (χ4v) is 6.99. The number of aromatic nitrogens is 5. The highest BCUT2D eigenvalue weighted by Gasteiger charge is 2.18. The number of nitrogens with zero attached hydrogens (tertiary/aromatic N) is 5. The summed E-state index contributed by atoms with van der Waals surface area (Å²) in [4.78, 5) is 19.7. The maximum absolute atomic E-state index is 6.26. The van der Waals surface area contributed by atoms with Crippen LogP contribution in [0.4, 0.5) is 0 Å². The van der Waals surface area contributed by atoms with E-state index in [2.05, 4.69) is 101 Å². The van der Waals surface area contributed by atoms with Crippen LogP contribution in [0.15, 0.2) is 168 Å². The van der Waals surface area contributed by atoms with Gasteiger partial charge in [0.15, 0.2) is 17.5 Å². The van der Waals surface area contributed by atoms with Crippen molar-refractivity contribution >= 4 is 43.7 Å². The van der Waals surface area contributed by atoms with Gasteiger partial charge in [0.25, 0.3) is 0 Å². The predicted octanol–water partition coefficient (Wildman–Crippen LogP) is 10.9. The van der Waals surface area contributed by atoms with Crippen LogP contribution in [0.3, 0.4) is 0 Å². The highest BCUT2D eigenvalue weighted by molar-refractivity contribution is 6.09. The topological polar surface area (TPSA) is 69.6 Å². The number of rotatable bonds is 5. The van der Waals surface area contributed by atoms with Gasteiger partial charge in [0, 0.05) is 61.9 Å². The zero-order valence-electron chi connectivity index (χ0n) is 26.7. The molecule has 0 aliphatic rings. The Morgan fingerprint density at radius 3 is 1.74 bits per heavy atom. The van der Waals surface area contributed by atoms with Gasteiger partial charge >= 0.3 is 0 Å². The number of furan rings is 1. The minimum absolute atomic E-state index is 0.571. The summed E-state index contributed by atoms with van der Waals surface area (Å²) < 4.78 is 8.58. The predicted molar refractivity (Wildman–Crippen MR) is 201 cm³/mol. The maximum Gasteiger partial charge on any atom is 0.164 e. The zero-order chi connectivity index (χ0) is 33.0. The summed E-state index contributed by atoms with van der Waals surface area (Å²) in [5.41, 5.74) is 9.55. The highest BCUT2D eigenvalue weighted by Crippen LogP contribution is 2.37. The van der Waals surface area contributed by atoms with Crippen molar-refractivity contribution in [1.82, 2.24) is 24.5 Å². The Labute approximate surface area is 287 Å². The molecule has 6 aromatic carbocycles. The molecule has 0 fully saturated rings. The lowest BCUT2D eigenvalue weighted by atomic mass is 10.0. The average molecular weight is 642 g/mol. The van der Waals surface area contributed by atoms with Crippen LogP contribution in [0.5, 0.6) is 0 Å². The van der Waals surface area contributed by atoms with Crippen molar-refractivity contribution < 1.29 is 4.42 Å². The number of para-hydroxylation sites is 3. The summed E-state index contributed by atoms with van der Waals surface area (Å²) in [6.07, 6.45) is 3.69. The first kappa shape index (κ1) is 28.1. The van der Waals surface area contributed by atoms with Crippen molar-refractivity contribution in [2.45, 2.75) is 0 Å². The molecule has 234 valence electrons. The quantitative estimate of drug-likeness (QED) is 0.187. The molecule has 50 heavy (non-hydrogen) atoms. The van der Waals surface area contributed by atoms with Gasteiger partial charge in [0.1, 0.15) is 11.2 Å². The first-order valence-electron chi connectivity index (χ1n) is 16.5. The van der Waals surface area contributed by atoms with Gasteiger partial charge in [-0.05, 0) is 60.2 Å². The van der Waals surface area contributed by atoms with Crippen molar-refractivity contribution in [2.24, 2.45) is 0 Å². The second kappa shape index (κ2) is 11.4. The van der Waals surface area contributed by atoms with Crippen LogP contribution in [0.25, 0.3) is 94.7 Å². The molecule has 6 nitrogen and oxygen atoms in total. The van der Waals surface area contributed by atoms with Gasteiger partial charge < -0.3 is 8.98 Å². The molecule has 0 spiro atoms. The van der Waals surface area contributed by atoms with Gasteiger partial charge in [-0.3, -0.25) is 4.98 Å². The van der Waals surface area contributed by atoms with Gasteiger partial charge in [0.05, 0.1) is 11.0 Å². The Bertz CT molecular complexity index is 2820. The van der Waals surface area contributed by atoms with Crippen LogP contribution in [0.2, 0.25) is 0 Å². The molecule has 0 atom stereocenters. The summed E-state index contributed by atoms with van der Waals surface area (Å²) in [7, 11) is 0. The molecule has 0 amide bonds. The molecular weight excluding hydrogens is 615 g/mol. The summed E-state index contributed by atoms with van der Waals surface area (Å²) in [6, 6.07) is 52.0. The third-order valence-electron chi connectivity index (χ3n) is 9.31. The van der Waals surface area contributed by atoms with Gasteiger partial charge in [0.2, 0.25) is 0 Å². The number of hydrogen-bond donors (Lipinski definition) is 0. The van der Waals surface area contributed by atoms with Crippen LogP contribution < -0.4 is 0 Å². The normalized spacial score (nSPS) is 11.6. The molecule has 10 aromatic rings. The SMILES string of the molecule is c1ccc(-c2nc(-c3cc(-c4cccnc4)cc(-n4c5ccccc5c5ccccc54)c3)nc(-c3ccc4c(c3)oc3ccccc34)n2)cc1. The second-order valence-corrected chi connectivity index (χ2v) is 12.4. The number of pyridine rings is 1. The lowest BCUT2D eigenvalue weighted by molar-refractivity contribution is 0.669. The number of fused-ring (bicyclic) bond motifs is 6. The van der Waals surface area contributed by atoms with Crippen molar-refractivity contribution in [2.75, 3.05) is 0 Å². The molecule has 0 bridgehead atoms. The summed E-state index contributed by atoms with van der Waals surface area (Å²) in [5, 5.41) is 4.54. The molecule has 0 radical (unpaired) electrons. The first-order valence-corrected chi connectivity index (χ1v) is 16.5. The molecule has 0 N–H and O–H groups in total. The Morgan fingerprint density at radius 1 is 0.400 bits per heavy atom. The minimum atomic E-state index is 0.571. The van der Waals surface area contributed by atoms with Crippen molar-refractivity contribution in [3.05, 3.63) is 164 Å². The van der Waals surface area contributed by atoms with Crippen LogP contribution >= 0.6 is 0 Å². The van der Waals surface area contributed by atoms with Gasteiger partial charge in [-0.25, -0.2) is 15.0 Å². The molecule has 4 aromatic heterocycles. The zero-order valence-corrected chi connectivity index (χ0v) is 26.7. The number of benzene rings is 6. The van der Waals surface area contributed by atoms with E-state index in [9.17, 15) is 0 Å². The number of hydrogen-bond acceptors (Lipinski definition) is 5. The Morgan fingerprint density at radius 2 is 1.00 bits per heavy atom. The van der Waals surface area contributed by atoms with Gasteiger partial charge in [-0.2, -0.15) is 0 Å². The molecule has 0 saturated carbocycles. The fourth-order valence-electron chi connectivity index (χ4n) is 6.99. The van der Waals surface area contributed by atoms with Crippen LogP contribution in [0.1, 0.15) is 0 Å². The standard InChI is InChI=1S/C44H27N5O/c1-2-11-28(12-3-1)42-46-43(29-20-21-37-36-16-6-9-19-40(36)50-41(37)26-29)48-44(47-42)32-23-31(30-13-10-22-45-27-30)24-33(25-32)49-38-17-7-4-14-34(38)35-15-5-8-18-39(35)49/h1-27H. The summed E-state index contributed by atoms with van der Waals surface area (Å²) in [5.74, 6) is 1.74. The van der Waals surface area contributed by atoms with Gasteiger partial charge in [-0.15, -0.1) is 0 Å². The smallest absolute Gasteiger partial charge is 0.164 e. The van der Waals surface area contributed by atoms with E-state index in [0.717, 1.165) is 66.5 Å². The highest BCUT2D eigenvalue weighted by atomic mass is 16.3. The lowest BCUT2D eigenvalue weighted by Gasteiger charge is -2.14. The van der Waals surface area contributed by atoms with Crippen molar-refractivity contribution in [3.8, 4) is 51.0 Å². The van der Waals surface area contributed by atoms with E-state index in [0.29, 0.717) is 17.5 Å². The van der Waals surface area contributed by atoms with Crippen molar-refractivity contribution in [1.29, 1.82) is 0 Å². The van der Waals surface area contributed by atoms with E-state index in [1.807, 2.05) is 66.9 Å². The van der Waals surface area contributed by atoms with Crippen LogP contribution in [0, 0.1) is 0 Å². The molecular formula is C44H27N5O. The Hall–Kier alpha value is -6.92. The molecule has 0 unspecified atom stereocenters. The molecule has 0 aliphatic heterocycles. The lowest BCUT2D eigenvalue weighted by Crippen LogP contribution is -2.02. The summed E-state index contributed by atoms with van der Waals surface area (Å²) in [6.45, 7) is 0. The van der Waals surface area contributed by atoms with Crippen LogP contribution in [-0.4, -0.2) is 24.5 Å². The van der Waals surface area contributed by atoms with E-state index >= 15 is 0 Å². The Kier molecular flexibility index (Phi) is 6.39. The molecule has 0 saturated heterocycles. The summed E-state index contributed by atoms with van der Waals surface area (Å²) >= 11 is 0. The Balaban J connectivity index is 1.23. The molecule has 0 aliphatic carbocycles. The van der Waals surface area contributed by atoms with E-state index in [1.165, 1.54) is 10.8 Å². The van der Waals surface area contributed by atoms with E-state index in [4.69, 9.17) is 19.4 Å². The third kappa shape index (κ3) is 4.65. The maximum atomic E-state index is 6.26. The van der Waals surface area contributed by atoms with E-state index < -0.39 is 0 Å². The monoisotopic (exact) mass is 641 g/mol. The minimum Gasteiger partial charge on any atom is -0.456 e. The van der Waals surface area contributed by atoms with Crippen molar-refractivity contribution in [3.63, 3.8) is 0 Å². The molecule has 10 rings (SSSR count). The largest absolute Gasteiger partial charge is 0.456 e. The second-order valence-electron chi connectivity index (χ2n) is 12.4. The van der Waals surface area contributed by atoms with Gasteiger partial charge in [-0.1, -0.05) is 97.1 Å². The average Bonchev–Trinajstić information content (AvgIpc) is 3.74. The fraction of sp³-hybridized carbons (Fsp3) is 0. The first-order chi connectivity index (χ1) is 24.8. The van der Waals surface area contributed by atoms with E-state index in [1.54, 1.807) is 6.20 Å². The molecule has 4 heterocycles. The van der Waals surface area contributed by atoms with Crippen LogP contribution in [-0.2, 0) is 0 Å². The third-order valence-corrected chi connectivity index (χ3v) is 9.31. The van der Waals surface area contributed by atoms with E-state index in [-0.39, 0.29) is 0 Å².